The number of fused-ring (bicyclic) bond motifs is 6. The summed E-state index contributed by atoms with van der Waals surface area (Å²) < 4.78 is 4.66. The second-order valence-electron chi connectivity index (χ2n) is 6.17. The number of nitrogens with zero attached hydrogens (tertiary/aromatic N) is 3. The van der Waals surface area contributed by atoms with Gasteiger partial charge in [0.05, 0.1) is 12.1 Å². The molecule has 0 unspecified atom stereocenters. The van der Waals surface area contributed by atoms with E-state index >= 15 is 0 Å². The van der Waals surface area contributed by atoms with Crippen molar-refractivity contribution in [2.45, 2.75) is 31.3 Å². The molecule has 0 saturated heterocycles. The lowest BCUT2D eigenvalue weighted by molar-refractivity contribution is 0.373. The molecule has 0 fully saturated rings. The molecule has 4 atom stereocenters. The summed E-state index contributed by atoms with van der Waals surface area (Å²) in [6, 6.07) is 0.276. The van der Waals surface area contributed by atoms with Gasteiger partial charge >= 0.3 is 11.4 Å². The molecule has 4 aliphatic carbocycles. The first-order valence-electron chi connectivity index (χ1n) is 7.00. The molecule has 0 saturated carbocycles. The van der Waals surface area contributed by atoms with E-state index in [1.807, 2.05) is 0 Å². The maximum Gasteiger partial charge on any atom is 0.347 e. The Kier molecular flexibility index (Phi) is 1.52. The maximum absolute atomic E-state index is 12.2. The fourth-order valence-corrected chi connectivity index (χ4v) is 4.71. The van der Waals surface area contributed by atoms with Crippen molar-refractivity contribution in [2.24, 2.45) is 18.9 Å². The third kappa shape index (κ3) is 0.904. The van der Waals surface area contributed by atoms with Crippen LogP contribution in [0.15, 0.2) is 32.9 Å². The lowest BCUT2D eigenvalue weighted by Gasteiger charge is -2.38. The highest BCUT2D eigenvalue weighted by atomic mass is 16.2. The van der Waals surface area contributed by atoms with Crippen LogP contribution in [0.25, 0.3) is 0 Å². The Hall–Kier alpha value is -1.78. The molecule has 19 heavy (non-hydrogen) atoms. The van der Waals surface area contributed by atoms with Crippen molar-refractivity contribution in [3.63, 3.8) is 0 Å². The van der Waals surface area contributed by atoms with E-state index in [0.717, 1.165) is 6.42 Å². The summed E-state index contributed by atoms with van der Waals surface area (Å²) >= 11 is 0. The van der Waals surface area contributed by atoms with Crippen LogP contribution < -0.4 is 11.4 Å². The van der Waals surface area contributed by atoms with Crippen LogP contribution in [0.4, 0.5) is 0 Å². The van der Waals surface area contributed by atoms with Gasteiger partial charge in [0, 0.05) is 25.3 Å². The van der Waals surface area contributed by atoms with Gasteiger partial charge in [-0.3, -0.25) is 0 Å². The van der Waals surface area contributed by atoms with E-state index in [1.54, 1.807) is 16.4 Å². The number of hydrogen-bond acceptors (Lipinski definition) is 2. The maximum atomic E-state index is 12.2. The Morgan fingerprint density at radius 3 is 1.84 bits per heavy atom. The molecule has 1 aliphatic heterocycles. The Morgan fingerprint density at radius 2 is 1.42 bits per heavy atom. The molecule has 1 aromatic rings. The second-order valence-corrected chi connectivity index (χ2v) is 6.17. The summed E-state index contributed by atoms with van der Waals surface area (Å²) in [6.45, 7) is 0. The molecule has 2 heterocycles. The van der Waals surface area contributed by atoms with E-state index in [0.29, 0.717) is 11.8 Å². The summed E-state index contributed by atoms with van der Waals surface area (Å²) in [5.41, 5.74) is 2.59. The zero-order chi connectivity index (χ0) is 12.9. The minimum atomic E-state index is -0.158. The Bertz CT molecular complexity index is 727. The fourth-order valence-electron chi connectivity index (χ4n) is 4.71. The zero-order valence-corrected chi connectivity index (χ0v) is 10.7. The Morgan fingerprint density at radius 1 is 0.947 bits per heavy atom. The average molecular weight is 257 g/mol. The van der Waals surface area contributed by atoms with Gasteiger partial charge in [0.1, 0.15) is 0 Å². The average Bonchev–Trinajstić information content (AvgIpc) is 3.09. The number of aromatic nitrogens is 3. The first-order chi connectivity index (χ1) is 9.18. The molecule has 1 aromatic heterocycles. The largest absolute Gasteiger partial charge is 0.347 e. The fraction of sp³-hybridized carbons (Fsp3) is 0.571. The van der Waals surface area contributed by atoms with Crippen LogP contribution in [0.3, 0.4) is 0 Å². The summed E-state index contributed by atoms with van der Waals surface area (Å²) in [5.74, 6) is 1.01. The van der Waals surface area contributed by atoms with E-state index in [-0.39, 0.29) is 23.5 Å². The van der Waals surface area contributed by atoms with Crippen LogP contribution in [0.1, 0.15) is 31.3 Å². The number of allylic oxidation sites excluding steroid dienone is 4. The van der Waals surface area contributed by atoms with Gasteiger partial charge in [-0.25, -0.2) is 23.5 Å². The SMILES string of the molecule is Cn1c(=O)n2n(c1=O)[C@@H]1C[C@@H]2C2=C1[C@H]1C=C[C@H]2CC1. The van der Waals surface area contributed by atoms with Crippen molar-refractivity contribution in [3.05, 3.63) is 44.3 Å². The van der Waals surface area contributed by atoms with Crippen molar-refractivity contribution in [3.8, 4) is 0 Å². The first kappa shape index (κ1) is 10.1. The summed E-state index contributed by atoms with van der Waals surface area (Å²) in [7, 11) is 1.58. The van der Waals surface area contributed by atoms with Gasteiger partial charge < -0.3 is 0 Å². The normalized spacial score (nSPS) is 37.1. The molecule has 0 amide bonds. The predicted molar refractivity (Wildman–Crippen MR) is 69.0 cm³/mol. The van der Waals surface area contributed by atoms with Gasteiger partial charge in [0.2, 0.25) is 0 Å². The molecular weight excluding hydrogens is 242 g/mol. The van der Waals surface area contributed by atoms with E-state index in [1.165, 1.54) is 28.6 Å². The smallest absolute Gasteiger partial charge is 0.246 e. The molecule has 98 valence electrons. The van der Waals surface area contributed by atoms with Crippen molar-refractivity contribution >= 4 is 0 Å². The van der Waals surface area contributed by atoms with Gasteiger partial charge in [-0.15, -0.1) is 0 Å². The predicted octanol–water partition coefficient (Wildman–Crippen LogP) is 0.741. The first-order valence-corrected chi connectivity index (χ1v) is 7.00. The molecule has 0 radical (unpaired) electrons. The van der Waals surface area contributed by atoms with Crippen molar-refractivity contribution in [1.29, 1.82) is 0 Å². The third-order valence-electron chi connectivity index (χ3n) is 5.45. The monoisotopic (exact) mass is 257 g/mol. The van der Waals surface area contributed by atoms with Crippen molar-refractivity contribution < 1.29 is 0 Å². The second kappa shape index (κ2) is 2.86. The molecule has 6 rings (SSSR count). The van der Waals surface area contributed by atoms with E-state index in [2.05, 4.69) is 12.2 Å². The summed E-state index contributed by atoms with van der Waals surface area (Å²) in [6.07, 6.45) is 7.95. The summed E-state index contributed by atoms with van der Waals surface area (Å²) in [5, 5.41) is 0. The van der Waals surface area contributed by atoms with E-state index in [9.17, 15) is 9.59 Å². The van der Waals surface area contributed by atoms with Gasteiger partial charge in [0.15, 0.2) is 0 Å². The van der Waals surface area contributed by atoms with Crippen LogP contribution in [0.5, 0.6) is 0 Å². The van der Waals surface area contributed by atoms with E-state index in [4.69, 9.17) is 0 Å². The lowest BCUT2D eigenvalue weighted by atomic mass is 9.71. The molecule has 5 nitrogen and oxygen atoms in total. The highest BCUT2D eigenvalue weighted by Crippen LogP contribution is 2.58. The molecule has 0 N–H and O–H groups in total. The minimum absolute atomic E-state index is 0.138. The molecule has 0 aromatic carbocycles. The summed E-state index contributed by atoms with van der Waals surface area (Å²) in [4.78, 5) is 24.4. The number of hydrogen-bond donors (Lipinski definition) is 0. The third-order valence-corrected chi connectivity index (χ3v) is 5.45. The standard InChI is InChI=1S/C14H15N3O2/c1-15-13(18)16-9-6-10(17(16)14(15)19)12-8-3-2-7(4-5-8)11(9)12/h2-3,7-10H,4-6H2,1H3/t7-,8-,9+,10+/m0/s1. The van der Waals surface area contributed by atoms with Crippen LogP contribution in [0, 0.1) is 11.8 Å². The van der Waals surface area contributed by atoms with Gasteiger partial charge in [0.25, 0.3) is 0 Å². The topological polar surface area (TPSA) is 48.9 Å². The molecule has 5 heteroatoms. The van der Waals surface area contributed by atoms with Crippen molar-refractivity contribution in [2.75, 3.05) is 0 Å². The van der Waals surface area contributed by atoms with Crippen LogP contribution in [-0.4, -0.2) is 13.9 Å². The van der Waals surface area contributed by atoms with Crippen molar-refractivity contribution in [1.82, 2.24) is 13.9 Å². The van der Waals surface area contributed by atoms with Gasteiger partial charge in [-0.05, 0) is 24.0 Å². The molecule has 4 bridgehead atoms. The lowest BCUT2D eigenvalue weighted by Crippen LogP contribution is -2.35. The quantitative estimate of drug-likeness (QED) is 0.644. The molecular formula is C14H15N3O2. The van der Waals surface area contributed by atoms with Gasteiger partial charge in [-0.2, -0.15) is 0 Å². The zero-order valence-electron chi connectivity index (χ0n) is 10.7. The highest BCUT2D eigenvalue weighted by Gasteiger charge is 2.51. The Labute approximate surface area is 109 Å². The molecule has 5 aliphatic rings. The van der Waals surface area contributed by atoms with Crippen LogP contribution in [-0.2, 0) is 7.05 Å². The molecule has 0 spiro atoms. The minimum Gasteiger partial charge on any atom is -0.246 e. The van der Waals surface area contributed by atoms with Crippen LogP contribution >= 0.6 is 0 Å². The van der Waals surface area contributed by atoms with Crippen LogP contribution in [0.2, 0.25) is 0 Å². The highest BCUT2D eigenvalue weighted by molar-refractivity contribution is 5.44. The Balaban J connectivity index is 1.82. The van der Waals surface area contributed by atoms with E-state index < -0.39 is 0 Å². The van der Waals surface area contributed by atoms with Gasteiger partial charge in [-0.1, -0.05) is 12.2 Å². The number of rotatable bonds is 0.